The van der Waals surface area contributed by atoms with Crippen LogP contribution in [0.5, 0.6) is 11.5 Å². The van der Waals surface area contributed by atoms with Crippen molar-refractivity contribution < 1.29 is 18.7 Å². The highest BCUT2D eigenvalue weighted by atomic mass is 16.5. The van der Waals surface area contributed by atoms with E-state index in [-0.39, 0.29) is 17.5 Å². The fraction of sp³-hybridized carbons (Fsp3) is 0.263. The molecule has 0 unspecified atom stereocenters. The zero-order chi connectivity index (χ0) is 18.8. The highest BCUT2D eigenvalue weighted by molar-refractivity contribution is 5.99. The van der Waals surface area contributed by atoms with Crippen LogP contribution < -0.4 is 4.74 Å². The molecule has 0 aliphatic carbocycles. The van der Waals surface area contributed by atoms with Crippen molar-refractivity contribution in [3.8, 4) is 11.5 Å². The average Bonchev–Trinajstić information content (AvgIpc) is 3.01. The van der Waals surface area contributed by atoms with Gasteiger partial charge >= 0.3 is 0 Å². The highest BCUT2D eigenvalue weighted by Crippen LogP contribution is 2.33. The molecule has 7 nitrogen and oxygen atoms in total. The number of amides is 1. The Bertz CT molecular complexity index is 976. The Labute approximate surface area is 150 Å². The van der Waals surface area contributed by atoms with Crippen molar-refractivity contribution >= 4 is 22.7 Å². The van der Waals surface area contributed by atoms with Crippen molar-refractivity contribution in [2.45, 2.75) is 20.8 Å². The van der Waals surface area contributed by atoms with Crippen LogP contribution in [0.1, 0.15) is 40.6 Å². The maximum Gasteiger partial charge on any atom is 0.291 e. The topological polar surface area (TPSA) is 85.5 Å². The van der Waals surface area contributed by atoms with E-state index in [9.17, 15) is 9.59 Å². The maximum atomic E-state index is 12.1. The van der Waals surface area contributed by atoms with Gasteiger partial charge in [-0.15, -0.1) is 0 Å². The van der Waals surface area contributed by atoms with Crippen molar-refractivity contribution in [3.63, 3.8) is 0 Å². The molecule has 1 aromatic carbocycles. The monoisotopic (exact) mass is 353 g/mol. The molecule has 0 atom stereocenters. The molecule has 0 bridgehead atoms. The average molecular weight is 353 g/mol. The standard InChI is InChI=1S/C19H19N3O4/c1-5-22(4)19(24)18-20-9-14(10-21-18)26-17-8-13(12(3)23)7-16-15(17)6-11(2)25-16/h6-10H,5H2,1-4H3. The second kappa shape index (κ2) is 6.95. The van der Waals surface area contributed by atoms with Crippen LogP contribution >= 0.6 is 0 Å². The fourth-order valence-corrected chi connectivity index (χ4v) is 2.44. The van der Waals surface area contributed by atoms with Gasteiger partial charge in [-0.25, -0.2) is 9.97 Å². The van der Waals surface area contributed by atoms with E-state index < -0.39 is 0 Å². The molecule has 26 heavy (non-hydrogen) atoms. The van der Waals surface area contributed by atoms with Crippen molar-refractivity contribution in [1.29, 1.82) is 0 Å². The Morgan fingerprint density at radius 2 is 1.88 bits per heavy atom. The number of ether oxygens (including phenoxy) is 1. The van der Waals surface area contributed by atoms with E-state index in [1.165, 1.54) is 24.2 Å². The molecule has 2 aromatic heterocycles. The van der Waals surface area contributed by atoms with Crippen LogP contribution in [0.2, 0.25) is 0 Å². The van der Waals surface area contributed by atoms with Crippen LogP contribution in [0.25, 0.3) is 11.0 Å². The summed E-state index contributed by atoms with van der Waals surface area (Å²) in [5.74, 6) is 1.30. The van der Waals surface area contributed by atoms with E-state index in [0.717, 1.165) is 5.39 Å². The number of hydrogen-bond donors (Lipinski definition) is 0. The normalized spacial score (nSPS) is 10.8. The number of nitrogens with zero attached hydrogens (tertiary/aromatic N) is 3. The summed E-state index contributed by atoms with van der Waals surface area (Å²) in [6, 6.07) is 5.18. The maximum absolute atomic E-state index is 12.1. The number of ketones is 1. The highest BCUT2D eigenvalue weighted by Gasteiger charge is 2.15. The summed E-state index contributed by atoms with van der Waals surface area (Å²) in [4.78, 5) is 33.5. The number of fused-ring (bicyclic) bond motifs is 1. The molecule has 0 radical (unpaired) electrons. The minimum absolute atomic E-state index is 0.0920. The van der Waals surface area contributed by atoms with Crippen molar-refractivity contribution in [1.82, 2.24) is 14.9 Å². The van der Waals surface area contributed by atoms with Gasteiger partial charge in [-0.2, -0.15) is 0 Å². The van der Waals surface area contributed by atoms with Crippen LogP contribution in [0.4, 0.5) is 0 Å². The van der Waals surface area contributed by atoms with E-state index in [1.807, 2.05) is 19.9 Å². The Balaban J connectivity index is 1.93. The number of furan rings is 1. The SMILES string of the molecule is CCN(C)C(=O)c1ncc(Oc2cc(C(C)=O)cc3oc(C)cc23)cn1. The summed E-state index contributed by atoms with van der Waals surface area (Å²) in [7, 11) is 1.68. The van der Waals surface area contributed by atoms with Gasteiger partial charge in [0.2, 0.25) is 5.82 Å². The lowest BCUT2D eigenvalue weighted by atomic mass is 10.1. The molecule has 2 heterocycles. The number of aromatic nitrogens is 2. The molecule has 0 spiro atoms. The molecular weight excluding hydrogens is 334 g/mol. The first-order chi connectivity index (χ1) is 12.4. The summed E-state index contributed by atoms with van der Waals surface area (Å²) in [5.41, 5.74) is 1.06. The quantitative estimate of drug-likeness (QED) is 0.651. The van der Waals surface area contributed by atoms with Crippen LogP contribution in [-0.4, -0.2) is 40.2 Å². The van der Waals surface area contributed by atoms with E-state index in [4.69, 9.17) is 9.15 Å². The van der Waals surface area contributed by atoms with Gasteiger partial charge in [0.05, 0.1) is 17.8 Å². The lowest BCUT2D eigenvalue weighted by Gasteiger charge is -2.13. The van der Waals surface area contributed by atoms with Gasteiger partial charge in [0.15, 0.2) is 11.5 Å². The third-order valence-electron chi connectivity index (χ3n) is 4.00. The Hall–Kier alpha value is -3.22. The molecule has 1 amide bonds. The van der Waals surface area contributed by atoms with E-state index >= 15 is 0 Å². The number of rotatable bonds is 5. The Morgan fingerprint density at radius 1 is 1.19 bits per heavy atom. The second-order valence-electron chi connectivity index (χ2n) is 5.96. The lowest BCUT2D eigenvalue weighted by Crippen LogP contribution is -2.27. The second-order valence-corrected chi connectivity index (χ2v) is 5.96. The molecule has 3 rings (SSSR count). The van der Waals surface area contributed by atoms with Gasteiger partial charge in [0.1, 0.15) is 17.1 Å². The molecule has 0 N–H and O–H groups in total. The minimum Gasteiger partial charge on any atom is -0.461 e. The van der Waals surface area contributed by atoms with Crippen molar-refractivity contribution in [2.75, 3.05) is 13.6 Å². The van der Waals surface area contributed by atoms with Gasteiger partial charge in [0.25, 0.3) is 5.91 Å². The number of hydrogen-bond acceptors (Lipinski definition) is 6. The fourth-order valence-electron chi connectivity index (χ4n) is 2.44. The molecule has 0 saturated heterocycles. The molecule has 0 aliphatic rings. The summed E-state index contributed by atoms with van der Waals surface area (Å²) in [5, 5.41) is 0.748. The molecule has 7 heteroatoms. The summed E-state index contributed by atoms with van der Waals surface area (Å²) in [6.45, 7) is 5.74. The van der Waals surface area contributed by atoms with E-state index in [0.29, 0.717) is 35.0 Å². The number of Topliss-reactive ketones (excluding diaryl/α,β-unsaturated/α-hetero) is 1. The third kappa shape index (κ3) is 3.42. The predicted octanol–water partition coefficient (Wildman–Crippen LogP) is 3.62. The van der Waals surface area contributed by atoms with Crippen LogP contribution in [0.15, 0.2) is 35.0 Å². The lowest BCUT2D eigenvalue weighted by molar-refractivity contribution is 0.0790. The van der Waals surface area contributed by atoms with Crippen LogP contribution in [0, 0.1) is 6.92 Å². The van der Waals surface area contributed by atoms with Gasteiger partial charge in [-0.3, -0.25) is 9.59 Å². The first kappa shape index (κ1) is 17.6. The molecule has 3 aromatic rings. The Kier molecular flexibility index (Phi) is 4.71. The predicted molar refractivity (Wildman–Crippen MR) is 95.7 cm³/mol. The van der Waals surface area contributed by atoms with Gasteiger partial charge in [-0.05, 0) is 39.0 Å². The summed E-state index contributed by atoms with van der Waals surface area (Å²) < 4.78 is 11.5. The Morgan fingerprint density at radius 3 is 2.50 bits per heavy atom. The van der Waals surface area contributed by atoms with Crippen LogP contribution in [-0.2, 0) is 0 Å². The van der Waals surface area contributed by atoms with Gasteiger partial charge in [-0.1, -0.05) is 0 Å². The largest absolute Gasteiger partial charge is 0.461 e. The zero-order valence-electron chi connectivity index (χ0n) is 15.1. The van der Waals surface area contributed by atoms with Crippen molar-refractivity contribution in [3.05, 3.63) is 47.7 Å². The number of aryl methyl sites for hydroxylation is 1. The first-order valence-corrected chi connectivity index (χ1v) is 8.19. The molecule has 0 fully saturated rings. The van der Waals surface area contributed by atoms with Gasteiger partial charge in [0, 0.05) is 19.2 Å². The smallest absolute Gasteiger partial charge is 0.291 e. The molecular formula is C19H19N3O4. The molecule has 0 aliphatic heterocycles. The van der Waals surface area contributed by atoms with Gasteiger partial charge < -0.3 is 14.1 Å². The first-order valence-electron chi connectivity index (χ1n) is 8.19. The third-order valence-corrected chi connectivity index (χ3v) is 4.00. The zero-order valence-corrected chi connectivity index (χ0v) is 15.1. The number of carbonyl (C=O) groups is 2. The summed E-state index contributed by atoms with van der Waals surface area (Å²) in [6.07, 6.45) is 2.87. The van der Waals surface area contributed by atoms with E-state index in [1.54, 1.807) is 19.2 Å². The molecule has 134 valence electrons. The van der Waals surface area contributed by atoms with Crippen LogP contribution in [0.3, 0.4) is 0 Å². The number of carbonyl (C=O) groups excluding carboxylic acids is 2. The van der Waals surface area contributed by atoms with Crippen molar-refractivity contribution in [2.24, 2.45) is 0 Å². The summed E-state index contributed by atoms with van der Waals surface area (Å²) >= 11 is 0. The van der Waals surface area contributed by atoms with E-state index in [2.05, 4.69) is 9.97 Å². The minimum atomic E-state index is -0.259. The number of benzene rings is 1. The molecule has 0 saturated carbocycles.